The van der Waals surface area contributed by atoms with Gasteiger partial charge in [0, 0.05) is 28.1 Å². The molecule has 0 radical (unpaired) electrons. The van der Waals surface area contributed by atoms with Gasteiger partial charge in [-0.25, -0.2) is 0 Å². The average Bonchev–Trinajstić information content (AvgIpc) is 2.17. The van der Waals surface area contributed by atoms with Gasteiger partial charge in [0.25, 0.3) is 0 Å². The summed E-state index contributed by atoms with van der Waals surface area (Å²) in [6.45, 7) is 0. The summed E-state index contributed by atoms with van der Waals surface area (Å²) in [4.78, 5) is 12.5. The third-order valence-electron chi connectivity index (χ3n) is 1.85. The van der Waals surface area contributed by atoms with Crippen molar-refractivity contribution in [2.24, 2.45) is 0 Å². The molecule has 1 rings (SSSR count). The summed E-state index contributed by atoms with van der Waals surface area (Å²) in [6, 6.07) is 5.50. The number of hydrogen-bond acceptors (Lipinski definition) is 2. The van der Waals surface area contributed by atoms with E-state index in [-0.39, 0.29) is 5.78 Å². The Labute approximate surface area is 102 Å². The fourth-order valence-corrected chi connectivity index (χ4v) is 2.05. The number of carbonyl (C=O) groups is 1. The van der Waals surface area contributed by atoms with Gasteiger partial charge >= 0.3 is 0 Å². The number of rotatable bonds is 4. The molecule has 0 saturated heterocycles. The maximum Gasteiger partial charge on any atom is 0.164 e. The lowest BCUT2D eigenvalue weighted by Crippen LogP contribution is -2.03. The molecule has 0 bridgehead atoms. The molecule has 0 aromatic heterocycles. The number of alkyl halides is 2. The highest BCUT2D eigenvalue weighted by Gasteiger charge is 2.09. The number of carbonyl (C=O) groups excluding carboxylic acids is 1. The Balaban J connectivity index is 3.01. The van der Waals surface area contributed by atoms with Crippen LogP contribution in [-0.4, -0.2) is 11.7 Å². The first-order chi connectivity index (χ1) is 6.69. The fraction of sp³-hybridized carbons (Fsp3) is 0.300. The minimum atomic E-state index is 0.0859. The lowest BCUT2D eigenvalue weighted by atomic mass is 10.0. The van der Waals surface area contributed by atoms with Gasteiger partial charge in [-0.3, -0.25) is 4.79 Å². The van der Waals surface area contributed by atoms with Crippen LogP contribution in [0.3, 0.4) is 0 Å². The van der Waals surface area contributed by atoms with E-state index in [1.807, 2.05) is 12.1 Å². The van der Waals surface area contributed by atoms with Gasteiger partial charge in [0.1, 0.15) is 0 Å². The molecule has 1 nitrogen and oxygen atoms in total. The molecule has 4 heteroatoms. The SMILES string of the molecule is O=C(CCCl)c1ccc(S)cc1CBr. The number of ketones is 1. The number of hydrogen-bond donors (Lipinski definition) is 1. The molecule has 0 N–H and O–H groups in total. The van der Waals surface area contributed by atoms with Crippen molar-refractivity contribution < 1.29 is 4.79 Å². The topological polar surface area (TPSA) is 17.1 Å². The van der Waals surface area contributed by atoms with E-state index in [0.717, 1.165) is 16.0 Å². The Morgan fingerprint density at radius 3 is 2.79 bits per heavy atom. The predicted molar refractivity (Wildman–Crippen MR) is 66.0 cm³/mol. The fourth-order valence-electron chi connectivity index (χ4n) is 1.18. The predicted octanol–water partition coefficient (Wildman–Crippen LogP) is 3.68. The third kappa shape index (κ3) is 3.01. The van der Waals surface area contributed by atoms with Crippen LogP contribution in [0.2, 0.25) is 0 Å². The first-order valence-corrected chi connectivity index (χ1v) is 6.26. The Bertz CT molecular complexity index is 341. The van der Waals surface area contributed by atoms with Gasteiger partial charge < -0.3 is 0 Å². The van der Waals surface area contributed by atoms with E-state index in [1.54, 1.807) is 6.07 Å². The molecule has 0 saturated carbocycles. The number of benzene rings is 1. The molecule has 1 aromatic carbocycles. The molecule has 1 aromatic rings. The lowest BCUT2D eigenvalue weighted by molar-refractivity contribution is 0.0988. The summed E-state index contributed by atoms with van der Waals surface area (Å²) < 4.78 is 0. The van der Waals surface area contributed by atoms with E-state index < -0.39 is 0 Å². The largest absolute Gasteiger partial charge is 0.294 e. The minimum absolute atomic E-state index is 0.0859. The summed E-state index contributed by atoms with van der Waals surface area (Å²) in [5, 5.41) is 0.657. The molecule has 76 valence electrons. The third-order valence-corrected chi connectivity index (χ3v) is 2.93. The van der Waals surface area contributed by atoms with E-state index in [1.165, 1.54) is 0 Å². The van der Waals surface area contributed by atoms with Crippen molar-refractivity contribution in [3.63, 3.8) is 0 Å². The Morgan fingerprint density at radius 1 is 1.50 bits per heavy atom. The first-order valence-electron chi connectivity index (χ1n) is 4.16. The van der Waals surface area contributed by atoms with Crippen LogP contribution in [-0.2, 0) is 5.33 Å². The van der Waals surface area contributed by atoms with E-state index >= 15 is 0 Å². The van der Waals surface area contributed by atoms with Gasteiger partial charge in [-0.1, -0.05) is 22.0 Å². The minimum Gasteiger partial charge on any atom is -0.294 e. The zero-order valence-corrected chi connectivity index (χ0v) is 10.7. The van der Waals surface area contributed by atoms with Crippen LogP contribution in [0, 0.1) is 0 Å². The molecule has 0 spiro atoms. The van der Waals surface area contributed by atoms with Crippen molar-refractivity contribution in [2.75, 3.05) is 5.88 Å². The van der Waals surface area contributed by atoms with Crippen molar-refractivity contribution in [1.82, 2.24) is 0 Å². The van der Waals surface area contributed by atoms with Crippen LogP contribution < -0.4 is 0 Å². The number of halogens is 2. The number of thiol groups is 1. The van der Waals surface area contributed by atoms with Crippen molar-refractivity contribution in [2.45, 2.75) is 16.6 Å². The molecular formula is C10H10BrClOS. The zero-order valence-electron chi connectivity index (χ0n) is 7.46. The van der Waals surface area contributed by atoms with Crippen molar-refractivity contribution in [3.05, 3.63) is 29.3 Å². The molecule has 0 aliphatic heterocycles. The molecule has 0 aliphatic carbocycles. The van der Waals surface area contributed by atoms with Crippen LogP contribution in [0.5, 0.6) is 0 Å². The summed E-state index contributed by atoms with van der Waals surface area (Å²) in [6.07, 6.45) is 0.382. The van der Waals surface area contributed by atoms with Gasteiger partial charge in [-0.2, -0.15) is 0 Å². The maximum atomic E-state index is 11.6. The van der Waals surface area contributed by atoms with Crippen molar-refractivity contribution >= 4 is 45.9 Å². The van der Waals surface area contributed by atoms with Gasteiger partial charge in [0.2, 0.25) is 0 Å². The maximum absolute atomic E-state index is 11.6. The number of Topliss-reactive ketones (excluding diaryl/α,β-unsaturated/α-hetero) is 1. The van der Waals surface area contributed by atoms with Gasteiger partial charge in [-0.15, -0.1) is 24.2 Å². The van der Waals surface area contributed by atoms with Gasteiger partial charge in [0.15, 0.2) is 5.78 Å². The normalized spacial score (nSPS) is 10.2. The van der Waals surface area contributed by atoms with Crippen LogP contribution in [0.4, 0.5) is 0 Å². The standard InChI is InChI=1S/C10H10BrClOS/c11-6-7-5-8(14)1-2-9(7)10(13)3-4-12/h1-2,5,14H,3-4,6H2. The monoisotopic (exact) mass is 292 g/mol. The molecule has 0 atom stereocenters. The van der Waals surface area contributed by atoms with Crippen LogP contribution in [0.25, 0.3) is 0 Å². The lowest BCUT2D eigenvalue weighted by Gasteiger charge is -2.05. The second kappa shape index (κ2) is 5.79. The highest BCUT2D eigenvalue weighted by molar-refractivity contribution is 9.08. The van der Waals surface area contributed by atoms with Crippen LogP contribution in [0.1, 0.15) is 22.3 Å². The second-order valence-corrected chi connectivity index (χ2v) is 4.29. The Hall–Kier alpha value is 0.01000. The summed E-state index contributed by atoms with van der Waals surface area (Å²) >= 11 is 13.1. The van der Waals surface area contributed by atoms with Crippen molar-refractivity contribution in [1.29, 1.82) is 0 Å². The smallest absolute Gasteiger partial charge is 0.164 e. The highest BCUT2D eigenvalue weighted by atomic mass is 79.9. The van der Waals surface area contributed by atoms with E-state index in [0.29, 0.717) is 17.6 Å². The summed E-state index contributed by atoms with van der Waals surface area (Å²) in [5.74, 6) is 0.450. The van der Waals surface area contributed by atoms with E-state index in [9.17, 15) is 4.79 Å². The summed E-state index contributed by atoms with van der Waals surface area (Å²) in [5.41, 5.74) is 1.70. The van der Waals surface area contributed by atoms with Gasteiger partial charge in [0.05, 0.1) is 0 Å². The van der Waals surface area contributed by atoms with Crippen LogP contribution in [0.15, 0.2) is 23.1 Å². The Kier molecular flexibility index (Phi) is 4.99. The van der Waals surface area contributed by atoms with Crippen molar-refractivity contribution in [3.8, 4) is 0 Å². The zero-order chi connectivity index (χ0) is 10.6. The molecule has 0 aliphatic rings. The van der Waals surface area contributed by atoms with Gasteiger partial charge in [-0.05, 0) is 17.7 Å². The second-order valence-electron chi connectivity index (χ2n) is 2.84. The molecular weight excluding hydrogens is 284 g/mol. The highest BCUT2D eigenvalue weighted by Crippen LogP contribution is 2.19. The van der Waals surface area contributed by atoms with E-state index in [4.69, 9.17) is 11.6 Å². The van der Waals surface area contributed by atoms with Crippen LogP contribution >= 0.6 is 40.2 Å². The Morgan fingerprint density at radius 2 is 2.21 bits per heavy atom. The summed E-state index contributed by atoms with van der Waals surface area (Å²) in [7, 11) is 0. The van der Waals surface area contributed by atoms with E-state index in [2.05, 4.69) is 28.6 Å². The molecule has 14 heavy (non-hydrogen) atoms. The molecule has 0 fully saturated rings. The molecule has 0 heterocycles. The molecule has 0 amide bonds. The average molecular weight is 294 g/mol. The quantitative estimate of drug-likeness (QED) is 0.509. The first kappa shape index (κ1) is 12.1. The molecule has 0 unspecified atom stereocenters.